The Bertz CT molecular complexity index is 308. The van der Waals surface area contributed by atoms with E-state index in [1.807, 2.05) is 12.1 Å². The molecule has 1 fully saturated rings. The summed E-state index contributed by atoms with van der Waals surface area (Å²) in [4.78, 5) is 0. The van der Waals surface area contributed by atoms with Crippen molar-refractivity contribution in [3.05, 3.63) is 23.7 Å². The summed E-state index contributed by atoms with van der Waals surface area (Å²) in [5.74, 6) is 2.08. The number of aryl methyl sites for hydroxylation is 1. The summed E-state index contributed by atoms with van der Waals surface area (Å²) in [6, 6.07) is 4.57. The number of furan rings is 1. The first kappa shape index (κ1) is 10.7. The van der Waals surface area contributed by atoms with Crippen molar-refractivity contribution in [1.82, 2.24) is 5.32 Å². The Hall–Kier alpha value is -0.800. The fourth-order valence-corrected chi connectivity index (χ4v) is 1.94. The molecule has 1 N–H and O–H groups in total. The fraction of sp³-hybridized carbons (Fsp3) is 0.667. The molecule has 1 aromatic heterocycles. The zero-order valence-corrected chi connectivity index (χ0v) is 9.45. The zero-order valence-electron chi connectivity index (χ0n) is 9.45. The van der Waals surface area contributed by atoms with Crippen molar-refractivity contribution in [2.75, 3.05) is 6.61 Å². The van der Waals surface area contributed by atoms with Crippen LogP contribution in [0.2, 0.25) is 0 Å². The molecule has 15 heavy (non-hydrogen) atoms. The van der Waals surface area contributed by atoms with Crippen molar-refractivity contribution in [2.45, 2.75) is 45.4 Å². The van der Waals surface area contributed by atoms with Gasteiger partial charge in [-0.2, -0.15) is 0 Å². The molecule has 1 aliphatic rings. The lowest BCUT2D eigenvalue weighted by atomic mass is 10.1. The number of hydrogen-bond acceptors (Lipinski definition) is 3. The Kier molecular flexibility index (Phi) is 3.44. The molecule has 0 radical (unpaired) electrons. The first-order valence-electron chi connectivity index (χ1n) is 5.72. The average molecular weight is 209 g/mol. The Morgan fingerprint density at radius 1 is 1.40 bits per heavy atom. The van der Waals surface area contributed by atoms with Gasteiger partial charge in [-0.05, 0) is 25.5 Å². The van der Waals surface area contributed by atoms with Crippen LogP contribution < -0.4 is 5.32 Å². The van der Waals surface area contributed by atoms with E-state index in [2.05, 4.69) is 19.2 Å². The standard InChI is InChI=1S/C12H19NO2/c1-3-10-4-5-11(15-10)8-13-12-6-7-14-9(12)2/h4-5,9,12-13H,3,6-8H2,1-2H3. The molecule has 0 aromatic carbocycles. The Morgan fingerprint density at radius 3 is 2.80 bits per heavy atom. The summed E-state index contributed by atoms with van der Waals surface area (Å²) < 4.78 is 11.1. The van der Waals surface area contributed by atoms with Crippen LogP contribution in [0.5, 0.6) is 0 Å². The van der Waals surface area contributed by atoms with Gasteiger partial charge in [0.1, 0.15) is 11.5 Å². The summed E-state index contributed by atoms with van der Waals surface area (Å²) in [6.07, 6.45) is 2.39. The molecular weight excluding hydrogens is 190 g/mol. The highest BCUT2D eigenvalue weighted by molar-refractivity contribution is 5.07. The summed E-state index contributed by atoms with van der Waals surface area (Å²) >= 11 is 0. The third kappa shape index (κ3) is 2.61. The van der Waals surface area contributed by atoms with Crippen molar-refractivity contribution in [2.24, 2.45) is 0 Å². The third-order valence-corrected chi connectivity index (χ3v) is 2.98. The average Bonchev–Trinajstić information content (AvgIpc) is 2.84. The molecule has 2 atom stereocenters. The highest BCUT2D eigenvalue weighted by Crippen LogP contribution is 2.14. The lowest BCUT2D eigenvalue weighted by molar-refractivity contribution is 0.112. The summed E-state index contributed by atoms with van der Waals surface area (Å²) in [7, 11) is 0. The van der Waals surface area contributed by atoms with Gasteiger partial charge in [0.2, 0.25) is 0 Å². The third-order valence-electron chi connectivity index (χ3n) is 2.98. The van der Waals surface area contributed by atoms with E-state index in [-0.39, 0.29) is 0 Å². The van der Waals surface area contributed by atoms with Crippen LogP contribution in [0.1, 0.15) is 31.8 Å². The van der Waals surface area contributed by atoms with Crippen LogP contribution in [0.4, 0.5) is 0 Å². The van der Waals surface area contributed by atoms with Gasteiger partial charge >= 0.3 is 0 Å². The van der Waals surface area contributed by atoms with Crippen molar-refractivity contribution in [3.8, 4) is 0 Å². The van der Waals surface area contributed by atoms with Gasteiger partial charge in [0.15, 0.2) is 0 Å². The van der Waals surface area contributed by atoms with Gasteiger partial charge in [-0.1, -0.05) is 6.92 Å². The molecule has 2 rings (SSSR count). The van der Waals surface area contributed by atoms with E-state index in [4.69, 9.17) is 9.15 Å². The Balaban J connectivity index is 1.82. The summed E-state index contributed by atoms with van der Waals surface area (Å²) in [5, 5.41) is 3.47. The second-order valence-electron chi connectivity index (χ2n) is 4.07. The van der Waals surface area contributed by atoms with E-state index in [9.17, 15) is 0 Å². The lowest BCUT2D eigenvalue weighted by Crippen LogP contribution is -2.33. The van der Waals surface area contributed by atoms with Crippen LogP contribution in [0.3, 0.4) is 0 Å². The number of ether oxygens (including phenoxy) is 1. The van der Waals surface area contributed by atoms with Gasteiger partial charge in [0, 0.05) is 19.1 Å². The monoisotopic (exact) mass is 209 g/mol. The van der Waals surface area contributed by atoms with Crippen LogP contribution >= 0.6 is 0 Å². The molecule has 2 heterocycles. The predicted molar refractivity (Wildman–Crippen MR) is 58.7 cm³/mol. The molecule has 1 aliphatic heterocycles. The van der Waals surface area contributed by atoms with E-state index in [0.717, 1.165) is 37.5 Å². The van der Waals surface area contributed by atoms with Crippen molar-refractivity contribution in [3.63, 3.8) is 0 Å². The minimum absolute atomic E-state index is 0.325. The Labute approximate surface area is 90.8 Å². The number of nitrogens with one attached hydrogen (secondary N) is 1. The number of hydrogen-bond donors (Lipinski definition) is 1. The van der Waals surface area contributed by atoms with E-state index in [1.165, 1.54) is 0 Å². The van der Waals surface area contributed by atoms with Crippen molar-refractivity contribution >= 4 is 0 Å². The molecule has 0 bridgehead atoms. The van der Waals surface area contributed by atoms with Gasteiger partial charge in [-0.3, -0.25) is 0 Å². The highest BCUT2D eigenvalue weighted by Gasteiger charge is 2.23. The van der Waals surface area contributed by atoms with Gasteiger partial charge in [-0.15, -0.1) is 0 Å². The Morgan fingerprint density at radius 2 is 2.20 bits per heavy atom. The molecule has 3 heteroatoms. The van der Waals surface area contributed by atoms with E-state index >= 15 is 0 Å². The van der Waals surface area contributed by atoms with E-state index in [0.29, 0.717) is 12.1 Å². The minimum Gasteiger partial charge on any atom is -0.465 e. The first-order chi connectivity index (χ1) is 7.29. The molecule has 1 saturated heterocycles. The normalized spacial score (nSPS) is 26.0. The highest BCUT2D eigenvalue weighted by atomic mass is 16.5. The maximum absolute atomic E-state index is 5.62. The second kappa shape index (κ2) is 4.81. The molecule has 0 amide bonds. The summed E-state index contributed by atoms with van der Waals surface area (Å²) in [5.41, 5.74) is 0. The van der Waals surface area contributed by atoms with Crippen LogP contribution in [0.15, 0.2) is 16.5 Å². The van der Waals surface area contributed by atoms with Crippen molar-refractivity contribution in [1.29, 1.82) is 0 Å². The first-order valence-corrected chi connectivity index (χ1v) is 5.72. The fourth-order valence-electron chi connectivity index (χ4n) is 1.94. The molecule has 3 nitrogen and oxygen atoms in total. The van der Waals surface area contributed by atoms with Crippen LogP contribution in [-0.4, -0.2) is 18.8 Å². The smallest absolute Gasteiger partial charge is 0.117 e. The van der Waals surface area contributed by atoms with E-state index in [1.54, 1.807) is 0 Å². The second-order valence-corrected chi connectivity index (χ2v) is 4.07. The molecule has 84 valence electrons. The zero-order chi connectivity index (χ0) is 10.7. The topological polar surface area (TPSA) is 34.4 Å². The quantitative estimate of drug-likeness (QED) is 0.824. The van der Waals surface area contributed by atoms with Gasteiger partial charge in [0.05, 0.1) is 12.6 Å². The van der Waals surface area contributed by atoms with Crippen LogP contribution in [0, 0.1) is 0 Å². The SMILES string of the molecule is CCc1ccc(CNC2CCOC2C)o1. The van der Waals surface area contributed by atoms with Gasteiger partial charge < -0.3 is 14.5 Å². The molecule has 0 spiro atoms. The minimum atomic E-state index is 0.325. The molecule has 0 saturated carbocycles. The maximum Gasteiger partial charge on any atom is 0.117 e. The molecule has 0 aliphatic carbocycles. The van der Waals surface area contributed by atoms with Gasteiger partial charge in [-0.25, -0.2) is 0 Å². The lowest BCUT2D eigenvalue weighted by Gasteiger charge is -2.14. The molecule has 2 unspecified atom stereocenters. The molecular formula is C12H19NO2. The van der Waals surface area contributed by atoms with Crippen LogP contribution in [-0.2, 0) is 17.7 Å². The predicted octanol–water partition coefficient (Wildman–Crippen LogP) is 2.11. The van der Waals surface area contributed by atoms with Gasteiger partial charge in [0.25, 0.3) is 0 Å². The largest absolute Gasteiger partial charge is 0.465 e. The summed E-state index contributed by atoms with van der Waals surface area (Å²) in [6.45, 7) is 5.89. The molecule has 1 aromatic rings. The van der Waals surface area contributed by atoms with E-state index < -0.39 is 0 Å². The number of rotatable bonds is 4. The van der Waals surface area contributed by atoms with Crippen molar-refractivity contribution < 1.29 is 9.15 Å². The van der Waals surface area contributed by atoms with Crippen LogP contribution in [0.25, 0.3) is 0 Å². The maximum atomic E-state index is 5.62.